The standard InChI is InChI=1S/C35H33N9O14S3/c1-41-13-18(36-17-45)7-25(41)32(46)37-19-8-26(42(2)14-19)33(47)38-20-9-27(43(3)15-20)34(48)39-21-10-28(44(4)16-21)35(49)40-24-5-6-29(60(53,54)55)23-11-22(59(50,51)52)12-30(31(23)24)61(56,57)58/h5-17H,1-4H3,(H,36,45)(H,37,46)(H,38,47)(H,39,48)(H,40,49)(H,50,51,52)(H,53,54,55)(H,56,57,58). The number of anilines is 5. The van der Waals surface area contributed by atoms with Gasteiger partial charge in [0.1, 0.15) is 32.6 Å². The molecule has 6 rings (SSSR count). The van der Waals surface area contributed by atoms with Crippen molar-refractivity contribution in [3.05, 3.63) is 96.1 Å². The molecule has 0 unspecified atom stereocenters. The van der Waals surface area contributed by atoms with E-state index in [1.54, 1.807) is 20.3 Å². The van der Waals surface area contributed by atoms with Gasteiger partial charge in [0.25, 0.3) is 54.0 Å². The summed E-state index contributed by atoms with van der Waals surface area (Å²) in [4.78, 5) is 60.4. The number of carbonyl (C=O) groups excluding carboxylic acids is 5. The zero-order valence-corrected chi connectivity index (χ0v) is 34.3. The first-order chi connectivity index (χ1) is 28.3. The quantitative estimate of drug-likeness (QED) is 0.0610. The lowest BCUT2D eigenvalue weighted by molar-refractivity contribution is -0.105. The predicted molar refractivity (Wildman–Crippen MR) is 217 cm³/mol. The van der Waals surface area contributed by atoms with Crippen LogP contribution >= 0.6 is 0 Å². The van der Waals surface area contributed by atoms with Crippen LogP contribution in [0.5, 0.6) is 0 Å². The van der Waals surface area contributed by atoms with Crippen molar-refractivity contribution < 1.29 is 62.9 Å². The second kappa shape index (κ2) is 15.8. The highest BCUT2D eigenvalue weighted by molar-refractivity contribution is 7.87. The van der Waals surface area contributed by atoms with E-state index in [0.717, 1.165) is 12.1 Å². The van der Waals surface area contributed by atoms with Gasteiger partial charge in [0.05, 0.1) is 33.3 Å². The van der Waals surface area contributed by atoms with Gasteiger partial charge in [-0.2, -0.15) is 25.3 Å². The number of aromatic nitrogens is 4. The molecule has 4 aromatic heterocycles. The average molecular weight is 900 g/mol. The van der Waals surface area contributed by atoms with Crippen molar-refractivity contribution in [2.75, 3.05) is 26.6 Å². The van der Waals surface area contributed by atoms with E-state index in [1.807, 2.05) is 0 Å². The molecule has 0 bridgehead atoms. The summed E-state index contributed by atoms with van der Waals surface area (Å²) in [5, 5.41) is 11.3. The highest BCUT2D eigenvalue weighted by Crippen LogP contribution is 2.37. The predicted octanol–water partition coefficient (Wildman–Crippen LogP) is 2.51. The molecule has 0 atom stereocenters. The third-order valence-electron chi connectivity index (χ3n) is 9.06. The van der Waals surface area contributed by atoms with Crippen molar-refractivity contribution in [1.82, 2.24) is 18.3 Å². The molecule has 8 N–H and O–H groups in total. The average Bonchev–Trinajstić information content (AvgIpc) is 3.91. The molecule has 6 aromatic rings. The largest absolute Gasteiger partial charge is 0.344 e. The van der Waals surface area contributed by atoms with Gasteiger partial charge in [-0.1, -0.05) is 0 Å². The van der Waals surface area contributed by atoms with Gasteiger partial charge in [0.2, 0.25) is 6.41 Å². The zero-order chi connectivity index (χ0) is 44.9. The summed E-state index contributed by atoms with van der Waals surface area (Å²) < 4.78 is 108. The van der Waals surface area contributed by atoms with Crippen LogP contribution in [0.15, 0.2) is 88.0 Å². The smallest absolute Gasteiger partial charge is 0.295 e. The molecular formula is C35H33N9O14S3. The molecule has 0 aliphatic carbocycles. The molecule has 26 heteroatoms. The lowest BCUT2D eigenvalue weighted by Gasteiger charge is -2.15. The lowest BCUT2D eigenvalue weighted by Crippen LogP contribution is -2.17. The van der Waals surface area contributed by atoms with Gasteiger partial charge in [0, 0.05) is 63.8 Å². The molecule has 0 aliphatic heterocycles. The summed E-state index contributed by atoms with van der Waals surface area (Å²) in [6.07, 6.45) is 6.33. The van der Waals surface area contributed by atoms with Crippen LogP contribution in [-0.2, 0) is 63.3 Å². The Kier molecular flexibility index (Phi) is 11.3. The summed E-state index contributed by atoms with van der Waals surface area (Å²) in [6, 6.07) is 7.94. The number of rotatable bonds is 13. The number of aryl methyl sites for hydroxylation is 4. The highest BCUT2D eigenvalue weighted by atomic mass is 32.2. The van der Waals surface area contributed by atoms with Crippen LogP contribution in [0.4, 0.5) is 28.4 Å². The Hall–Kier alpha value is -7.10. The molecule has 5 amide bonds. The van der Waals surface area contributed by atoms with Gasteiger partial charge >= 0.3 is 0 Å². The van der Waals surface area contributed by atoms with Crippen molar-refractivity contribution in [2.24, 2.45) is 28.2 Å². The molecule has 0 fully saturated rings. The molecular weight excluding hydrogens is 867 g/mol. The van der Waals surface area contributed by atoms with Crippen LogP contribution < -0.4 is 26.6 Å². The third kappa shape index (κ3) is 9.07. The van der Waals surface area contributed by atoms with Gasteiger partial charge in [-0.25, -0.2) is 0 Å². The maximum atomic E-state index is 13.5. The van der Waals surface area contributed by atoms with Crippen molar-refractivity contribution in [1.29, 1.82) is 0 Å². The fourth-order valence-electron chi connectivity index (χ4n) is 6.36. The maximum absolute atomic E-state index is 13.5. The van der Waals surface area contributed by atoms with Gasteiger partial charge < -0.3 is 44.9 Å². The van der Waals surface area contributed by atoms with E-state index in [0.29, 0.717) is 29.9 Å². The summed E-state index contributed by atoms with van der Waals surface area (Å²) in [7, 11) is -9.63. The maximum Gasteiger partial charge on any atom is 0.295 e. The number of amides is 5. The Balaban J connectivity index is 1.19. The highest BCUT2D eigenvalue weighted by Gasteiger charge is 2.28. The lowest BCUT2D eigenvalue weighted by atomic mass is 10.1. The van der Waals surface area contributed by atoms with Crippen molar-refractivity contribution in [2.45, 2.75) is 14.7 Å². The Bertz CT molecular complexity index is 3200. The Morgan fingerprint density at radius 2 is 0.885 bits per heavy atom. The summed E-state index contributed by atoms with van der Waals surface area (Å²) in [6.45, 7) is 0. The van der Waals surface area contributed by atoms with E-state index in [1.165, 1.54) is 75.2 Å². The Morgan fingerprint density at radius 1 is 0.508 bits per heavy atom. The topological polar surface area (TPSA) is 328 Å². The molecule has 0 spiro atoms. The van der Waals surface area contributed by atoms with Crippen molar-refractivity contribution in [3.8, 4) is 0 Å². The van der Waals surface area contributed by atoms with E-state index >= 15 is 0 Å². The third-order valence-corrected chi connectivity index (χ3v) is 11.7. The van der Waals surface area contributed by atoms with E-state index in [-0.39, 0.29) is 34.2 Å². The number of hydrogen-bond acceptors (Lipinski definition) is 11. The molecule has 4 heterocycles. The van der Waals surface area contributed by atoms with E-state index < -0.39 is 85.1 Å². The van der Waals surface area contributed by atoms with Crippen molar-refractivity contribution in [3.63, 3.8) is 0 Å². The Morgan fingerprint density at radius 3 is 1.26 bits per heavy atom. The number of nitrogens with zero attached hydrogens (tertiary/aromatic N) is 4. The number of carbonyl (C=O) groups is 5. The fourth-order valence-corrected chi connectivity index (χ4v) is 8.40. The molecule has 2 aromatic carbocycles. The minimum atomic E-state index is -5.39. The van der Waals surface area contributed by atoms with Crippen LogP contribution in [0.3, 0.4) is 0 Å². The van der Waals surface area contributed by atoms with Gasteiger partial charge in [-0.05, 0) is 48.5 Å². The molecule has 320 valence electrons. The number of hydrogen-bond donors (Lipinski definition) is 8. The van der Waals surface area contributed by atoms with Gasteiger partial charge in [0.15, 0.2) is 0 Å². The first-order valence-corrected chi connectivity index (χ1v) is 21.3. The second-order valence-corrected chi connectivity index (χ2v) is 17.6. The van der Waals surface area contributed by atoms with Crippen LogP contribution in [0.2, 0.25) is 0 Å². The number of benzene rings is 2. The second-order valence-electron chi connectivity index (χ2n) is 13.4. The molecule has 0 saturated carbocycles. The first-order valence-electron chi connectivity index (χ1n) is 17.0. The van der Waals surface area contributed by atoms with E-state index in [4.69, 9.17) is 0 Å². The Labute approximate surface area is 345 Å². The van der Waals surface area contributed by atoms with E-state index in [9.17, 15) is 62.9 Å². The summed E-state index contributed by atoms with van der Waals surface area (Å²) >= 11 is 0. The van der Waals surface area contributed by atoms with Crippen LogP contribution in [0, 0.1) is 0 Å². The van der Waals surface area contributed by atoms with Crippen LogP contribution in [0.25, 0.3) is 10.8 Å². The van der Waals surface area contributed by atoms with Crippen LogP contribution in [0.1, 0.15) is 42.0 Å². The van der Waals surface area contributed by atoms with Crippen LogP contribution in [-0.4, -0.2) is 87.2 Å². The number of nitrogens with one attached hydrogen (secondary N) is 5. The normalized spacial score (nSPS) is 11.9. The fraction of sp³-hybridized carbons (Fsp3) is 0.114. The zero-order valence-electron chi connectivity index (χ0n) is 31.9. The summed E-state index contributed by atoms with van der Waals surface area (Å²) in [5.74, 6) is -2.74. The van der Waals surface area contributed by atoms with E-state index in [2.05, 4.69) is 26.6 Å². The monoisotopic (exact) mass is 899 g/mol. The molecule has 23 nitrogen and oxygen atoms in total. The molecule has 61 heavy (non-hydrogen) atoms. The minimum absolute atomic E-state index is 0.0587. The molecule has 0 radical (unpaired) electrons. The first kappa shape index (κ1) is 43.5. The molecule has 0 aliphatic rings. The van der Waals surface area contributed by atoms with Crippen molar-refractivity contribution >= 4 is 99.6 Å². The SMILES string of the molecule is Cn1cc(NC=O)cc1C(=O)Nc1cc(C(=O)Nc2cc(C(=O)Nc3cc(C(=O)Nc4ccc(S(=O)(=O)O)c5cc(S(=O)(=O)O)cc(S(=O)(=O)O)c45)n(C)c3)n(C)c2)n(C)c1. The molecule has 0 saturated heterocycles. The van der Waals surface area contributed by atoms with Gasteiger partial charge in [-0.3, -0.25) is 37.6 Å². The summed E-state index contributed by atoms with van der Waals surface area (Å²) in [5.41, 5.74) is 0.822. The minimum Gasteiger partial charge on any atom is -0.344 e. The van der Waals surface area contributed by atoms with Gasteiger partial charge in [-0.15, -0.1) is 0 Å². The number of fused-ring (bicyclic) bond motifs is 1.